The van der Waals surface area contributed by atoms with Crippen LogP contribution in [-0.2, 0) is 24.8 Å². The van der Waals surface area contributed by atoms with Gasteiger partial charge in [-0.1, -0.05) is 35.0 Å². The van der Waals surface area contributed by atoms with Crippen LogP contribution in [0.1, 0.15) is 45.0 Å². The Labute approximate surface area is 224 Å². The van der Waals surface area contributed by atoms with E-state index in [0.29, 0.717) is 47.1 Å². The molecule has 1 atom stereocenters. The summed E-state index contributed by atoms with van der Waals surface area (Å²) in [5.74, 6) is -0.379. The monoisotopic (exact) mass is 534 g/mol. The number of hydrogen-bond acceptors (Lipinski definition) is 6. The maximum absolute atomic E-state index is 13.4. The van der Waals surface area contributed by atoms with Crippen LogP contribution in [0.2, 0.25) is 5.02 Å². The van der Waals surface area contributed by atoms with Gasteiger partial charge in [-0.05, 0) is 59.0 Å². The molecule has 1 amide bonds. The first-order valence-electron chi connectivity index (χ1n) is 12.1. The van der Waals surface area contributed by atoms with Crippen LogP contribution in [0.5, 0.6) is 11.5 Å². The number of carboxylic acid groups (broad SMARTS) is 1. The molecule has 2 heterocycles. The van der Waals surface area contributed by atoms with Gasteiger partial charge in [0.1, 0.15) is 22.5 Å². The van der Waals surface area contributed by atoms with Gasteiger partial charge in [-0.15, -0.1) is 5.10 Å². The van der Waals surface area contributed by atoms with Crippen molar-refractivity contribution in [1.82, 2.24) is 19.9 Å². The molecule has 0 bridgehead atoms. The lowest BCUT2D eigenvalue weighted by Crippen LogP contribution is -2.36. The fourth-order valence-electron chi connectivity index (χ4n) is 5.22. The van der Waals surface area contributed by atoms with Crippen LogP contribution in [0.25, 0.3) is 11.0 Å². The van der Waals surface area contributed by atoms with E-state index < -0.39 is 11.9 Å². The molecule has 1 aromatic heterocycles. The molecule has 3 aromatic carbocycles. The smallest absolute Gasteiger partial charge is 0.304 e. The van der Waals surface area contributed by atoms with Crippen LogP contribution in [0.4, 0.5) is 0 Å². The van der Waals surface area contributed by atoms with E-state index >= 15 is 0 Å². The van der Waals surface area contributed by atoms with Crippen molar-refractivity contribution in [3.8, 4) is 11.5 Å². The number of aryl methyl sites for hydroxylation is 1. The van der Waals surface area contributed by atoms with Gasteiger partial charge in [0.05, 0.1) is 31.2 Å². The van der Waals surface area contributed by atoms with Crippen molar-refractivity contribution in [2.75, 3.05) is 20.8 Å². The summed E-state index contributed by atoms with van der Waals surface area (Å²) in [6.45, 7) is 0.866. The molecule has 10 heteroatoms. The molecule has 5 rings (SSSR count). The van der Waals surface area contributed by atoms with E-state index in [0.717, 1.165) is 27.8 Å². The fraction of sp³-hybridized carbons (Fsp3) is 0.286. The minimum atomic E-state index is -0.911. The second-order valence-corrected chi connectivity index (χ2v) is 9.67. The summed E-state index contributed by atoms with van der Waals surface area (Å²) in [5, 5.41) is 18.5. The van der Waals surface area contributed by atoms with Crippen LogP contribution in [0.3, 0.4) is 0 Å². The highest BCUT2D eigenvalue weighted by Gasteiger charge is 2.29. The number of carbonyl (C=O) groups excluding carboxylic acids is 1. The molecule has 0 saturated heterocycles. The predicted octanol–water partition coefficient (Wildman–Crippen LogP) is 4.44. The molecule has 0 aliphatic carbocycles. The van der Waals surface area contributed by atoms with Gasteiger partial charge in [0.25, 0.3) is 5.91 Å². The minimum absolute atomic E-state index is 0.104. The lowest BCUT2D eigenvalue weighted by molar-refractivity contribution is -0.137. The number of fused-ring (bicyclic) bond motifs is 2. The normalized spacial score (nSPS) is 13.7. The van der Waals surface area contributed by atoms with Crippen molar-refractivity contribution in [2.45, 2.75) is 25.3 Å². The summed E-state index contributed by atoms with van der Waals surface area (Å²) in [6.07, 6.45) is 0.479. The SMILES string of the molecule is COc1ccc(Cl)c(C(=O)N2CCc3c(cccc3[C@H](CC(=O)O)c3cc(OC)c4c(c3)nnn4C)C2)c1. The zero-order valence-corrected chi connectivity index (χ0v) is 22.0. The first-order chi connectivity index (χ1) is 18.3. The van der Waals surface area contributed by atoms with E-state index in [1.807, 2.05) is 30.3 Å². The number of carboxylic acids is 1. The van der Waals surface area contributed by atoms with Crippen molar-refractivity contribution >= 4 is 34.5 Å². The van der Waals surface area contributed by atoms with E-state index in [-0.39, 0.29) is 12.3 Å². The van der Waals surface area contributed by atoms with Crippen LogP contribution in [0, 0.1) is 0 Å². The van der Waals surface area contributed by atoms with E-state index in [4.69, 9.17) is 21.1 Å². The lowest BCUT2D eigenvalue weighted by Gasteiger charge is -2.32. The molecule has 0 radical (unpaired) electrons. The number of ether oxygens (including phenoxy) is 2. The highest BCUT2D eigenvalue weighted by Crippen LogP contribution is 2.38. The summed E-state index contributed by atoms with van der Waals surface area (Å²) in [7, 11) is 4.90. The molecule has 1 aliphatic heterocycles. The Morgan fingerprint density at radius 2 is 1.95 bits per heavy atom. The number of benzene rings is 3. The Hall–Kier alpha value is -4.11. The van der Waals surface area contributed by atoms with Crippen LogP contribution < -0.4 is 9.47 Å². The molecule has 1 aliphatic rings. The Kier molecular flexibility index (Phi) is 6.94. The molecule has 1 N–H and O–H groups in total. The predicted molar refractivity (Wildman–Crippen MR) is 142 cm³/mol. The number of hydrogen-bond donors (Lipinski definition) is 1. The number of amides is 1. The van der Waals surface area contributed by atoms with Gasteiger partial charge in [-0.3, -0.25) is 9.59 Å². The van der Waals surface area contributed by atoms with E-state index in [2.05, 4.69) is 10.3 Å². The Morgan fingerprint density at radius 3 is 2.68 bits per heavy atom. The number of aromatic nitrogens is 3. The third-order valence-electron chi connectivity index (χ3n) is 7.06. The van der Waals surface area contributed by atoms with Gasteiger partial charge in [0.15, 0.2) is 0 Å². The topological polar surface area (TPSA) is 107 Å². The summed E-state index contributed by atoms with van der Waals surface area (Å²) >= 11 is 6.34. The molecule has 4 aromatic rings. The molecular weight excluding hydrogens is 508 g/mol. The lowest BCUT2D eigenvalue weighted by atomic mass is 9.82. The van der Waals surface area contributed by atoms with E-state index in [9.17, 15) is 14.7 Å². The van der Waals surface area contributed by atoms with Crippen molar-refractivity contribution in [2.24, 2.45) is 7.05 Å². The molecule has 0 spiro atoms. The highest BCUT2D eigenvalue weighted by molar-refractivity contribution is 6.33. The summed E-state index contributed by atoms with van der Waals surface area (Å²) in [4.78, 5) is 27.1. The summed E-state index contributed by atoms with van der Waals surface area (Å²) in [6, 6.07) is 14.6. The van der Waals surface area contributed by atoms with Crippen molar-refractivity contribution in [3.05, 3.63) is 81.4 Å². The molecular formula is C28H27ClN4O5. The average molecular weight is 535 g/mol. The standard InChI is InChI=1S/C28H27ClN4O5/c1-32-27-24(30-31-32)11-17(12-25(27)38-3)21(14-26(34)35)20-6-4-5-16-15-33(10-9-19(16)20)28(36)22-13-18(37-2)7-8-23(22)29/h4-8,11-13,21H,9-10,14-15H2,1-3H3,(H,34,35)/t21-/m1/s1. The van der Waals surface area contributed by atoms with Crippen molar-refractivity contribution in [3.63, 3.8) is 0 Å². The van der Waals surface area contributed by atoms with Gasteiger partial charge in [0.2, 0.25) is 0 Å². The summed E-state index contributed by atoms with van der Waals surface area (Å²) in [5.41, 5.74) is 5.49. The average Bonchev–Trinajstić information content (AvgIpc) is 3.31. The maximum atomic E-state index is 13.4. The molecule has 196 valence electrons. The third-order valence-corrected chi connectivity index (χ3v) is 7.39. The van der Waals surface area contributed by atoms with E-state index in [1.165, 1.54) is 0 Å². The molecule has 0 fully saturated rings. The third kappa shape index (κ3) is 4.65. The van der Waals surface area contributed by atoms with Crippen LogP contribution in [-0.4, -0.2) is 57.6 Å². The number of rotatable bonds is 7. The zero-order valence-electron chi connectivity index (χ0n) is 21.3. The minimum Gasteiger partial charge on any atom is -0.497 e. The Morgan fingerprint density at radius 1 is 1.13 bits per heavy atom. The summed E-state index contributed by atoms with van der Waals surface area (Å²) < 4.78 is 12.5. The van der Waals surface area contributed by atoms with Crippen molar-refractivity contribution < 1.29 is 24.2 Å². The van der Waals surface area contributed by atoms with Gasteiger partial charge in [0, 0.05) is 26.1 Å². The Bertz CT molecular complexity index is 1550. The van der Waals surface area contributed by atoms with Crippen LogP contribution in [0.15, 0.2) is 48.5 Å². The van der Waals surface area contributed by atoms with Crippen LogP contribution >= 0.6 is 11.6 Å². The Balaban J connectivity index is 1.52. The van der Waals surface area contributed by atoms with Gasteiger partial charge >= 0.3 is 5.97 Å². The fourth-order valence-corrected chi connectivity index (χ4v) is 5.42. The molecule has 0 unspecified atom stereocenters. The number of methoxy groups -OCH3 is 2. The number of halogens is 1. The maximum Gasteiger partial charge on any atom is 0.304 e. The molecule has 9 nitrogen and oxygen atoms in total. The number of carbonyl (C=O) groups is 2. The second kappa shape index (κ2) is 10.3. The number of nitrogens with zero attached hydrogens (tertiary/aromatic N) is 4. The van der Waals surface area contributed by atoms with Gasteiger partial charge in [-0.2, -0.15) is 0 Å². The first kappa shape index (κ1) is 25.5. The zero-order chi connectivity index (χ0) is 27.0. The molecule has 38 heavy (non-hydrogen) atoms. The van der Waals surface area contributed by atoms with Crippen molar-refractivity contribution in [1.29, 1.82) is 0 Å². The molecule has 0 saturated carbocycles. The quantitative estimate of drug-likeness (QED) is 0.373. The van der Waals surface area contributed by atoms with E-state index in [1.54, 1.807) is 49.0 Å². The largest absolute Gasteiger partial charge is 0.497 e. The first-order valence-corrected chi connectivity index (χ1v) is 12.5. The number of aliphatic carboxylic acids is 1. The highest BCUT2D eigenvalue weighted by atomic mass is 35.5. The second-order valence-electron chi connectivity index (χ2n) is 9.26. The van der Waals surface area contributed by atoms with Gasteiger partial charge < -0.3 is 19.5 Å². The van der Waals surface area contributed by atoms with Gasteiger partial charge in [-0.25, -0.2) is 4.68 Å².